The molecule has 2 bridgehead atoms. The Hall–Kier alpha value is -0.850. The highest BCUT2D eigenvalue weighted by Gasteiger charge is 2.27. The summed E-state index contributed by atoms with van der Waals surface area (Å²) in [6, 6.07) is 2.98. The Balaban J connectivity index is 2.06. The third-order valence-corrected chi connectivity index (χ3v) is 2.40. The Morgan fingerprint density at radius 2 is 2.08 bits per heavy atom. The molecule has 3 heteroatoms. The van der Waals surface area contributed by atoms with Gasteiger partial charge in [-0.3, -0.25) is 0 Å². The van der Waals surface area contributed by atoms with E-state index >= 15 is 0 Å². The van der Waals surface area contributed by atoms with Crippen LogP contribution in [0.25, 0.3) is 0 Å². The highest BCUT2D eigenvalue weighted by Crippen LogP contribution is 2.22. The minimum absolute atomic E-state index is 0.442. The third kappa shape index (κ3) is 1.50. The van der Waals surface area contributed by atoms with Crippen LogP contribution in [0.4, 0.5) is 0 Å². The van der Waals surface area contributed by atoms with Crippen molar-refractivity contribution in [2.24, 2.45) is 0 Å². The van der Waals surface area contributed by atoms with E-state index in [4.69, 9.17) is 10.00 Å². The summed E-state index contributed by atoms with van der Waals surface area (Å²) in [6.07, 6.45) is 3.64. The summed E-state index contributed by atoms with van der Waals surface area (Å²) >= 11 is 0. The first-order valence-corrected chi connectivity index (χ1v) is 4.30. The lowest BCUT2D eigenvalue weighted by molar-refractivity contribution is 0.0351. The molecular formula is C9H12N2O. The van der Waals surface area contributed by atoms with Crippen molar-refractivity contribution < 1.29 is 4.74 Å². The molecule has 0 aromatic rings. The zero-order valence-electron chi connectivity index (χ0n) is 6.92. The molecule has 0 spiro atoms. The van der Waals surface area contributed by atoms with E-state index in [2.05, 4.69) is 11.4 Å². The number of fused-ring (bicyclic) bond motifs is 2. The largest absolute Gasteiger partial charge is 0.378 e. The van der Waals surface area contributed by atoms with Crippen molar-refractivity contribution in [3.8, 4) is 6.07 Å². The van der Waals surface area contributed by atoms with Crippen LogP contribution in [0.15, 0.2) is 11.6 Å². The number of hydrogen-bond donors (Lipinski definition) is 1. The van der Waals surface area contributed by atoms with Crippen molar-refractivity contribution in [1.29, 1.82) is 5.26 Å². The molecule has 2 aliphatic rings. The third-order valence-electron chi connectivity index (χ3n) is 2.40. The van der Waals surface area contributed by atoms with Gasteiger partial charge in [0, 0.05) is 18.2 Å². The van der Waals surface area contributed by atoms with Crippen LogP contribution in [0.5, 0.6) is 0 Å². The Bertz CT molecular complexity index is 227. The summed E-state index contributed by atoms with van der Waals surface area (Å²) in [5.74, 6) is 0. The highest BCUT2D eigenvalue weighted by atomic mass is 16.5. The molecule has 2 saturated heterocycles. The van der Waals surface area contributed by atoms with Gasteiger partial charge in [-0.15, -0.1) is 0 Å². The first kappa shape index (κ1) is 7.78. The normalized spacial score (nSPS) is 34.1. The quantitative estimate of drug-likeness (QED) is 0.533. The van der Waals surface area contributed by atoms with Gasteiger partial charge in [0.2, 0.25) is 0 Å². The molecule has 0 aliphatic carbocycles. The van der Waals surface area contributed by atoms with Gasteiger partial charge in [0.15, 0.2) is 0 Å². The summed E-state index contributed by atoms with van der Waals surface area (Å²) in [5.41, 5.74) is 1.27. The van der Waals surface area contributed by atoms with Gasteiger partial charge in [0.05, 0.1) is 19.3 Å². The summed E-state index contributed by atoms with van der Waals surface area (Å²) in [6.45, 7) is 1.58. The van der Waals surface area contributed by atoms with Gasteiger partial charge in [0.1, 0.15) is 0 Å². The number of ether oxygens (including phenoxy) is 1. The second-order valence-corrected chi connectivity index (χ2v) is 3.44. The number of morpholine rings is 1. The SMILES string of the molecule is N#CC=C1CC2COCC(C1)N2. The minimum atomic E-state index is 0.442. The van der Waals surface area contributed by atoms with Crippen molar-refractivity contribution in [2.45, 2.75) is 24.9 Å². The molecule has 0 radical (unpaired) electrons. The van der Waals surface area contributed by atoms with Crippen LogP contribution in [0.3, 0.4) is 0 Å². The predicted octanol–water partition coefficient (Wildman–Crippen LogP) is 0.587. The molecule has 2 heterocycles. The summed E-state index contributed by atoms with van der Waals surface area (Å²) in [5, 5.41) is 12.0. The first-order chi connectivity index (χ1) is 5.88. The lowest BCUT2D eigenvalue weighted by Gasteiger charge is -2.36. The summed E-state index contributed by atoms with van der Waals surface area (Å²) < 4.78 is 5.39. The monoisotopic (exact) mass is 164 g/mol. The Kier molecular flexibility index (Phi) is 2.11. The molecule has 2 rings (SSSR count). The smallest absolute Gasteiger partial charge is 0.0911 e. The zero-order valence-corrected chi connectivity index (χ0v) is 6.92. The fraction of sp³-hybridized carbons (Fsp3) is 0.667. The van der Waals surface area contributed by atoms with Gasteiger partial charge in [0.25, 0.3) is 0 Å². The first-order valence-electron chi connectivity index (χ1n) is 4.30. The van der Waals surface area contributed by atoms with Crippen LogP contribution in [0, 0.1) is 11.3 Å². The molecule has 0 aromatic carbocycles. The molecule has 2 unspecified atom stereocenters. The van der Waals surface area contributed by atoms with Gasteiger partial charge in [-0.05, 0) is 12.8 Å². The predicted molar refractivity (Wildman–Crippen MR) is 44.5 cm³/mol. The molecule has 2 aliphatic heterocycles. The fourth-order valence-corrected chi connectivity index (χ4v) is 1.94. The number of rotatable bonds is 0. The van der Waals surface area contributed by atoms with Crippen molar-refractivity contribution in [3.63, 3.8) is 0 Å². The molecule has 3 nitrogen and oxygen atoms in total. The van der Waals surface area contributed by atoms with Crippen LogP contribution < -0.4 is 5.32 Å². The number of nitrogens with zero attached hydrogens (tertiary/aromatic N) is 1. The second kappa shape index (κ2) is 3.26. The molecule has 2 fully saturated rings. The van der Waals surface area contributed by atoms with Crippen molar-refractivity contribution in [3.05, 3.63) is 11.6 Å². The van der Waals surface area contributed by atoms with Crippen molar-refractivity contribution in [2.75, 3.05) is 13.2 Å². The van der Waals surface area contributed by atoms with E-state index in [0.717, 1.165) is 26.1 Å². The molecule has 12 heavy (non-hydrogen) atoms. The molecular weight excluding hydrogens is 152 g/mol. The molecule has 0 saturated carbocycles. The van der Waals surface area contributed by atoms with Crippen LogP contribution in [0.1, 0.15) is 12.8 Å². The fourth-order valence-electron chi connectivity index (χ4n) is 1.94. The standard InChI is InChI=1S/C9H12N2O/c10-2-1-7-3-8-5-12-6-9(4-7)11-8/h1,8-9,11H,3-6H2. The van der Waals surface area contributed by atoms with Gasteiger partial charge >= 0.3 is 0 Å². The van der Waals surface area contributed by atoms with Gasteiger partial charge in [-0.25, -0.2) is 0 Å². The average molecular weight is 164 g/mol. The van der Waals surface area contributed by atoms with E-state index in [-0.39, 0.29) is 0 Å². The van der Waals surface area contributed by atoms with Crippen LogP contribution >= 0.6 is 0 Å². The highest BCUT2D eigenvalue weighted by molar-refractivity contribution is 5.18. The summed E-state index contributed by atoms with van der Waals surface area (Å²) in [4.78, 5) is 0. The molecule has 0 amide bonds. The van der Waals surface area contributed by atoms with Crippen molar-refractivity contribution in [1.82, 2.24) is 5.32 Å². The van der Waals surface area contributed by atoms with Gasteiger partial charge in [-0.2, -0.15) is 5.26 Å². The van der Waals surface area contributed by atoms with E-state index < -0.39 is 0 Å². The Labute approximate surface area is 72.0 Å². The maximum Gasteiger partial charge on any atom is 0.0911 e. The molecule has 2 atom stereocenters. The van der Waals surface area contributed by atoms with Crippen LogP contribution in [-0.4, -0.2) is 25.3 Å². The Morgan fingerprint density at radius 1 is 1.42 bits per heavy atom. The number of nitrogens with one attached hydrogen (secondary N) is 1. The van der Waals surface area contributed by atoms with E-state index in [9.17, 15) is 0 Å². The van der Waals surface area contributed by atoms with E-state index in [1.165, 1.54) is 5.57 Å². The van der Waals surface area contributed by atoms with Crippen LogP contribution in [0.2, 0.25) is 0 Å². The molecule has 1 N–H and O–H groups in total. The molecule has 0 aromatic heterocycles. The van der Waals surface area contributed by atoms with E-state index in [1.54, 1.807) is 6.08 Å². The average Bonchev–Trinajstić information content (AvgIpc) is 2.04. The molecule has 64 valence electrons. The lowest BCUT2D eigenvalue weighted by atomic mass is 9.92. The van der Waals surface area contributed by atoms with Gasteiger partial charge in [-0.1, -0.05) is 5.57 Å². The Morgan fingerprint density at radius 3 is 2.67 bits per heavy atom. The van der Waals surface area contributed by atoms with E-state index in [1.807, 2.05) is 0 Å². The number of hydrogen-bond acceptors (Lipinski definition) is 3. The number of nitriles is 1. The zero-order chi connectivity index (χ0) is 8.39. The lowest BCUT2D eigenvalue weighted by Crippen LogP contribution is -2.52. The van der Waals surface area contributed by atoms with Gasteiger partial charge < -0.3 is 10.1 Å². The number of piperidine rings is 1. The second-order valence-electron chi connectivity index (χ2n) is 3.44. The maximum absolute atomic E-state index is 8.50. The summed E-state index contributed by atoms with van der Waals surface area (Å²) in [7, 11) is 0. The topological polar surface area (TPSA) is 45.0 Å². The van der Waals surface area contributed by atoms with Crippen LogP contribution in [-0.2, 0) is 4.74 Å². The number of allylic oxidation sites excluding steroid dienone is 1. The van der Waals surface area contributed by atoms with E-state index in [0.29, 0.717) is 12.1 Å². The van der Waals surface area contributed by atoms with Crippen molar-refractivity contribution >= 4 is 0 Å². The maximum atomic E-state index is 8.50. The minimum Gasteiger partial charge on any atom is -0.378 e.